The van der Waals surface area contributed by atoms with Gasteiger partial charge < -0.3 is 11.1 Å². The van der Waals surface area contributed by atoms with Crippen molar-refractivity contribution in [3.8, 4) is 0 Å². The zero-order chi connectivity index (χ0) is 15.5. The maximum Gasteiger partial charge on any atom is 0.274 e. The molecule has 0 fully saturated rings. The van der Waals surface area contributed by atoms with Gasteiger partial charge in [0.25, 0.3) is 5.91 Å². The quantitative estimate of drug-likeness (QED) is 0.776. The Hall–Kier alpha value is -2.72. The lowest BCUT2D eigenvalue weighted by Crippen LogP contribution is -2.13. The van der Waals surface area contributed by atoms with Crippen molar-refractivity contribution >= 4 is 22.5 Å². The Morgan fingerprint density at radius 2 is 1.77 bits per heavy atom. The van der Waals surface area contributed by atoms with Crippen LogP contribution in [-0.2, 0) is 0 Å². The molecule has 0 spiro atoms. The van der Waals surface area contributed by atoms with Crippen molar-refractivity contribution in [3.05, 3.63) is 71.9 Å². The van der Waals surface area contributed by atoms with E-state index in [0.29, 0.717) is 5.69 Å². The summed E-state index contributed by atoms with van der Waals surface area (Å²) in [5, 5.41) is 3.86. The van der Waals surface area contributed by atoms with Crippen molar-refractivity contribution in [1.82, 2.24) is 4.98 Å². The summed E-state index contributed by atoms with van der Waals surface area (Å²) in [5.74, 6) is -0.223. The van der Waals surface area contributed by atoms with Gasteiger partial charge in [0, 0.05) is 17.1 Å². The third-order valence-corrected chi connectivity index (χ3v) is 3.53. The minimum atomic E-state index is -0.223. The number of hydrogen-bond donors (Lipinski definition) is 2. The number of carbonyl (C=O) groups is 1. The zero-order valence-electron chi connectivity index (χ0n) is 12.3. The summed E-state index contributed by atoms with van der Waals surface area (Å²) in [5.41, 5.74) is 8.77. The lowest BCUT2D eigenvalue weighted by molar-refractivity contribution is 0.102. The van der Waals surface area contributed by atoms with E-state index in [4.69, 9.17) is 5.73 Å². The summed E-state index contributed by atoms with van der Waals surface area (Å²) in [7, 11) is 0. The van der Waals surface area contributed by atoms with Crippen LogP contribution in [0.5, 0.6) is 0 Å². The molecule has 0 aliphatic carbocycles. The summed E-state index contributed by atoms with van der Waals surface area (Å²) < 4.78 is 0. The molecule has 1 amide bonds. The molecule has 3 rings (SSSR count). The molecule has 1 heterocycles. The molecule has 0 bridgehead atoms. The Labute approximate surface area is 129 Å². The van der Waals surface area contributed by atoms with Crippen LogP contribution in [0, 0.1) is 0 Å². The van der Waals surface area contributed by atoms with Crippen molar-refractivity contribution in [3.63, 3.8) is 0 Å². The second-order valence-corrected chi connectivity index (χ2v) is 5.25. The van der Waals surface area contributed by atoms with Crippen molar-refractivity contribution in [2.24, 2.45) is 5.73 Å². The maximum absolute atomic E-state index is 12.3. The van der Waals surface area contributed by atoms with Gasteiger partial charge in [-0.25, -0.2) is 4.98 Å². The van der Waals surface area contributed by atoms with Gasteiger partial charge >= 0.3 is 0 Å². The first-order valence-corrected chi connectivity index (χ1v) is 7.16. The number of amides is 1. The molecule has 22 heavy (non-hydrogen) atoms. The molecule has 1 atom stereocenters. The van der Waals surface area contributed by atoms with E-state index in [2.05, 4.69) is 10.3 Å². The molecule has 0 aliphatic heterocycles. The molecule has 0 aliphatic rings. The monoisotopic (exact) mass is 291 g/mol. The predicted octanol–water partition coefficient (Wildman–Crippen LogP) is 3.51. The van der Waals surface area contributed by atoms with Gasteiger partial charge in [-0.3, -0.25) is 4.79 Å². The highest BCUT2D eigenvalue weighted by molar-refractivity contribution is 6.04. The third kappa shape index (κ3) is 2.97. The van der Waals surface area contributed by atoms with Gasteiger partial charge in [-0.2, -0.15) is 0 Å². The number of nitrogens with two attached hydrogens (primary N) is 1. The highest BCUT2D eigenvalue weighted by Crippen LogP contribution is 2.16. The topological polar surface area (TPSA) is 68.0 Å². The fourth-order valence-corrected chi connectivity index (χ4v) is 2.26. The van der Waals surface area contributed by atoms with Crippen LogP contribution in [0.2, 0.25) is 0 Å². The molecule has 1 unspecified atom stereocenters. The van der Waals surface area contributed by atoms with E-state index in [-0.39, 0.29) is 11.9 Å². The normalized spacial score (nSPS) is 12.1. The van der Waals surface area contributed by atoms with Crippen LogP contribution in [0.4, 0.5) is 5.69 Å². The van der Waals surface area contributed by atoms with E-state index in [1.165, 1.54) is 0 Å². The molecule has 0 saturated heterocycles. The van der Waals surface area contributed by atoms with Gasteiger partial charge in [0.05, 0.1) is 5.52 Å². The van der Waals surface area contributed by atoms with Crippen LogP contribution in [0.1, 0.15) is 29.0 Å². The van der Waals surface area contributed by atoms with E-state index < -0.39 is 0 Å². The molecule has 3 N–H and O–H groups in total. The Morgan fingerprint density at radius 1 is 1.05 bits per heavy atom. The highest BCUT2D eigenvalue weighted by atomic mass is 16.1. The molecule has 0 radical (unpaired) electrons. The predicted molar refractivity (Wildman–Crippen MR) is 88.7 cm³/mol. The Kier molecular flexibility index (Phi) is 3.85. The Morgan fingerprint density at radius 3 is 2.50 bits per heavy atom. The second kappa shape index (κ2) is 5.95. The van der Waals surface area contributed by atoms with Crippen molar-refractivity contribution in [1.29, 1.82) is 0 Å². The zero-order valence-corrected chi connectivity index (χ0v) is 12.3. The van der Waals surface area contributed by atoms with E-state index in [1.807, 2.05) is 61.5 Å². The number of aromatic nitrogens is 1. The number of pyridine rings is 1. The lowest BCUT2D eigenvalue weighted by atomic mass is 10.1. The number of para-hydroxylation sites is 1. The molecule has 2 aromatic carbocycles. The second-order valence-electron chi connectivity index (χ2n) is 5.25. The average molecular weight is 291 g/mol. The summed E-state index contributed by atoms with van der Waals surface area (Å²) in [6.07, 6.45) is 0. The molecular weight excluding hydrogens is 274 g/mol. The molecule has 1 aromatic heterocycles. The first-order chi connectivity index (χ1) is 10.6. The number of nitrogens with zero attached hydrogens (tertiary/aromatic N) is 1. The summed E-state index contributed by atoms with van der Waals surface area (Å²) in [6.45, 7) is 1.92. The van der Waals surface area contributed by atoms with Crippen LogP contribution in [0.25, 0.3) is 10.9 Å². The third-order valence-electron chi connectivity index (χ3n) is 3.53. The van der Waals surface area contributed by atoms with E-state index in [1.54, 1.807) is 6.07 Å². The molecule has 0 saturated carbocycles. The van der Waals surface area contributed by atoms with Gasteiger partial charge in [0.2, 0.25) is 0 Å². The van der Waals surface area contributed by atoms with Crippen LogP contribution in [0.15, 0.2) is 60.7 Å². The largest absolute Gasteiger partial charge is 0.324 e. The fourth-order valence-electron chi connectivity index (χ4n) is 2.26. The first-order valence-electron chi connectivity index (χ1n) is 7.16. The van der Waals surface area contributed by atoms with Gasteiger partial charge in [0.1, 0.15) is 5.69 Å². The van der Waals surface area contributed by atoms with Gasteiger partial charge in [-0.1, -0.05) is 36.4 Å². The summed E-state index contributed by atoms with van der Waals surface area (Å²) in [6, 6.07) is 18.8. The molecule has 3 aromatic rings. The SMILES string of the molecule is CC(N)c1ccc(NC(=O)c2ccc3ccccc3n2)cc1. The van der Waals surface area contributed by atoms with Gasteiger partial charge in [-0.15, -0.1) is 0 Å². The van der Waals surface area contributed by atoms with Crippen molar-refractivity contribution in [2.75, 3.05) is 5.32 Å². The summed E-state index contributed by atoms with van der Waals surface area (Å²) >= 11 is 0. The van der Waals surface area contributed by atoms with E-state index in [0.717, 1.165) is 22.2 Å². The number of carbonyl (C=O) groups excluding carboxylic acids is 1. The molecule has 4 heteroatoms. The number of anilines is 1. The number of hydrogen-bond acceptors (Lipinski definition) is 3. The number of benzene rings is 2. The minimum absolute atomic E-state index is 0.0214. The van der Waals surface area contributed by atoms with Gasteiger partial charge in [-0.05, 0) is 36.8 Å². The summed E-state index contributed by atoms with van der Waals surface area (Å²) in [4.78, 5) is 16.7. The number of rotatable bonds is 3. The Balaban J connectivity index is 1.80. The molecule has 110 valence electrons. The smallest absolute Gasteiger partial charge is 0.274 e. The standard InChI is InChI=1S/C18H17N3O/c1-12(19)13-6-9-15(10-7-13)20-18(22)17-11-8-14-4-2-3-5-16(14)21-17/h2-12H,19H2,1H3,(H,20,22). The molecular formula is C18H17N3O. The minimum Gasteiger partial charge on any atom is -0.324 e. The maximum atomic E-state index is 12.3. The van der Waals surface area contributed by atoms with Crippen LogP contribution >= 0.6 is 0 Å². The van der Waals surface area contributed by atoms with E-state index >= 15 is 0 Å². The number of fused-ring (bicyclic) bond motifs is 1. The van der Waals surface area contributed by atoms with Crippen LogP contribution < -0.4 is 11.1 Å². The average Bonchev–Trinajstić information content (AvgIpc) is 2.55. The number of nitrogens with one attached hydrogen (secondary N) is 1. The van der Waals surface area contributed by atoms with E-state index in [9.17, 15) is 4.79 Å². The fraction of sp³-hybridized carbons (Fsp3) is 0.111. The first kappa shape index (κ1) is 14.2. The van der Waals surface area contributed by atoms with Crippen molar-refractivity contribution < 1.29 is 4.79 Å². The van der Waals surface area contributed by atoms with Gasteiger partial charge in [0.15, 0.2) is 0 Å². The highest BCUT2D eigenvalue weighted by Gasteiger charge is 2.09. The molecule has 4 nitrogen and oxygen atoms in total. The lowest BCUT2D eigenvalue weighted by Gasteiger charge is -2.08. The Bertz CT molecular complexity index is 810. The van der Waals surface area contributed by atoms with Crippen LogP contribution in [0.3, 0.4) is 0 Å². The van der Waals surface area contributed by atoms with Crippen LogP contribution in [-0.4, -0.2) is 10.9 Å². The van der Waals surface area contributed by atoms with Crippen molar-refractivity contribution in [2.45, 2.75) is 13.0 Å².